The lowest BCUT2D eigenvalue weighted by Gasteiger charge is -2.12. The van der Waals surface area contributed by atoms with Crippen LogP contribution in [0.1, 0.15) is 27.0 Å². The van der Waals surface area contributed by atoms with Crippen LogP contribution in [0.2, 0.25) is 0 Å². The molecule has 0 atom stereocenters. The third kappa shape index (κ3) is 8.67. The highest BCUT2D eigenvalue weighted by Gasteiger charge is 2.13. The Hall–Kier alpha value is -4.15. The molecule has 0 fully saturated rings. The number of rotatable bonds is 11. The number of methoxy groups -OCH3 is 1. The molecule has 0 heterocycles. The molecule has 0 saturated carbocycles. The van der Waals surface area contributed by atoms with Crippen molar-refractivity contribution in [1.82, 2.24) is 5.43 Å². The molecule has 0 aliphatic carbocycles. The second-order valence-corrected chi connectivity index (χ2v) is 10.6. The van der Waals surface area contributed by atoms with E-state index in [1.165, 1.54) is 13.3 Å². The van der Waals surface area contributed by atoms with E-state index in [9.17, 15) is 9.59 Å². The molecule has 0 aliphatic heterocycles. The van der Waals surface area contributed by atoms with Gasteiger partial charge in [-0.3, -0.25) is 9.59 Å². The van der Waals surface area contributed by atoms with Gasteiger partial charge in [-0.25, -0.2) is 5.43 Å². The summed E-state index contributed by atoms with van der Waals surface area (Å²) in [5.74, 6) is 0.738. The van der Waals surface area contributed by atoms with Gasteiger partial charge in [-0.05, 0) is 92.4 Å². The molecule has 4 rings (SSSR count). The minimum absolute atomic E-state index is 0.173. The summed E-state index contributed by atoms with van der Waals surface area (Å²) in [6.45, 7) is 2.18. The van der Waals surface area contributed by atoms with Gasteiger partial charge in [0.1, 0.15) is 12.4 Å². The zero-order valence-corrected chi connectivity index (χ0v) is 25.5. The summed E-state index contributed by atoms with van der Waals surface area (Å²) in [6.07, 6.45) is 1.50. The van der Waals surface area contributed by atoms with Crippen LogP contribution in [0, 0.1) is 6.92 Å². The Bertz CT molecular complexity index is 1520. The summed E-state index contributed by atoms with van der Waals surface area (Å²) in [4.78, 5) is 25.0. The number of nitrogens with one attached hydrogen (secondary N) is 2. The van der Waals surface area contributed by atoms with E-state index in [4.69, 9.17) is 14.2 Å². The third-order valence-corrected chi connectivity index (χ3v) is 6.92. The standard InChI is InChI=1S/C31H27Br2N3O5/c1-20-8-11-24(12-9-20)35-29(37)19-41-30-25(32)14-22(15-26(30)33)17-34-36-31(38)23-10-13-27(28(16-23)39-2)40-18-21-6-4-3-5-7-21/h3-17H,18-19H2,1-2H3,(H,35,37)(H,36,38)/b34-17+. The predicted molar refractivity (Wildman–Crippen MR) is 166 cm³/mol. The van der Waals surface area contributed by atoms with Crippen LogP contribution >= 0.6 is 31.9 Å². The van der Waals surface area contributed by atoms with E-state index < -0.39 is 5.91 Å². The molecule has 41 heavy (non-hydrogen) atoms. The summed E-state index contributed by atoms with van der Waals surface area (Å²) in [5.41, 5.74) is 6.38. The monoisotopic (exact) mass is 679 g/mol. The maximum absolute atomic E-state index is 12.7. The van der Waals surface area contributed by atoms with E-state index in [-0.39, 0.29) is 12.5 Å². The molecule has 0 unspecified atom stereocenters. The third-order valence-electron chi connectivity index (χ3n) is 5.75. The van der Waals surface area contributed by atoms with Crippen molar-refractivity contribution in [3.05, 3.63) is 116 Å². The fraction of sp³-hybridized carbons (Fsp3) is 0.129. The summed E-state index contributed by atoms with van der Waals surface area (Å²) >= 11 is 6.94. The van der Waals surface area contributed by atoms with E-state index in [2.05, 4.69) is 47.7 Å². The predicted octanol–water partition coefficient (Wildman–Crippen LogP) is 6.89. The Labute approximate surface area is 255 Å². The number of carbonyl (C=O) groups is 2. The molecule has 4 aromatic rings. The van der Waals surface area contributed by atoms with Gasteiger partial charge in [-0.15, -0.1) is 0 Å². The van der Waals surface area contributed by atoms with E-state index in [0.717, 1.165) is 11.1 Å². The van der Waals surface area contributed by atoms with Crippen molar-refractivity contribution in [1.29, 1.82) is 0 Å². The Morgan fingerprint density at radius 1 is 0.878 bits per heavy atom. The number of hydrogen-bond acceptors (Lipinski definition) is 6. The number of carbonyl (C=O) groups excluding carboxylic acids is 2. The van der Waals surface area contributed by atoms with Gasteiger partial charge in [0, 0.05) is 11.3 Å². The molecule has 8 nitrogen and oxygen atoms in total. The van der Waals surface area contributed by atoms with Crippen molar-refractivity contribution in [2.75, 3.05) is 19.0 Å². The Morgan fingerprint density at radius 3 is 2.27 bits per heavy atom. The average Bonchev–Trinajstić information content (AvgIpc) is 2.97. The summed E-state index contributed by atoms with van der Waals surface area (Å²) in [6, 6.07) is 25.7. The SMILES string of the molecule is COc1cc(C(=O)N/N=C/c2cc(Br)c(OCC(=O)Nc3ccc(C)cc3)c(Br)c2)ccc1OCc1ccccc1. The quantitative estimate of drug-likeness (QED) is 0.133. The first-order valence-corrected chi connectivity index (χ1v) is 14.1. The van der Waals surface area contributed by atoms with Gasteiger partial charge in [-0.2, -0.15) is 5.10 Å². The first-order chi connectivity index (χ1) is 19.8. The number of nitrogens with zero attached hydrogens (tertiary/aromatic N) is 1. The zero-order valence-electron chi connectivity index (χ0n) is 22.3. The minimum Gasteiger partial charge on any atom is -0.493 e. The Morgan fingerprint density at radius 2 is 1.59 bits per heavy atom. The van der Waals surface area contributed by atoms with Crippen LogP contribution in [-0.4, -0.2) is 31.7 Å². The summed E-state index contributed by atoms with van der Waals surface area (Å²) in [7, 11) is 1.52. The lowest BCUT2D eigenvalue weighted by atomic mass is 10.2. The lowest BCUT2D eigenvalue weighted by molar-refractivity contribution is -0.118. The van der Waals surface area contributed by atoms with Crippen molar-refractivity contribution in [3.63, 3.8) is 0 Å². The molecule has 0 radical (unpaired) electrons. The van der Waals surface area contributed by atoms with E-state index >= 15 is 0 Å². The number of benzene rings is 4. The van der Waals surface area contributed by atoms with Gasteiger partial charge in [0.05, 0.1) is 22.3 Å². The number of halogens is 2. The van der Waals surface area contributed by atoms with Crippen LogP contribution in [0.3, 0.4) is 0 Å². The van der Waals surface area contributed by atoms with Crippen molar-refractivity contribution in [2.24, 2.45) is 5.10 Å². The molecule has 0 spiro atoms. The van der Waals surface area contributed by atoms with Gasteiger partial charge < -0.3 is 19.5 Å². The largest absolute Gasteiger partial charge is 0.493 e. The van der Waals surface area contributed by atoms with Crippen LogP contribution < -0.4 is 25.0 Å². The smallest absolute Gasteiger partial charge is 0.271 e. The first-order valence-electron chi connectivity index (χ1n) is 12.5. The highest BCUT2D eigenvalue weighted by Crippen LogP contribution is 2.34. The van der Waals surface area contributed by atoms with E-state index in [0.29, 0.717) is 49.6 Å². The molecular formula is C31H27Br2N3O5. The second kappa shape index (κ2) is 14.5. The van der Waals surface area contributed by atoms with Crippen LogP contribution in [0.5, 0.6) is 17.2 Å². The fourth-order valence-corrected chi connectivity index (χ4v) is 5.11. The van der Waals surface area contributed by atoms with Gasteiger partial charge in [0.15, 0.2) is 18.1 Å². The number of aryl methyl sites for hydroxylation is 1. The van der Waals surface area contributed by atoms with Crippen LogP contribution in [-0.2, 0) is 11.4 Å². The molecule has 4 aromatic carbocycles. The maximum Gasteiger partial charge on any atom is 0.271 e. The first kappa shape index (κ1) is 29.8. The zero-order chi connectivity index (χ0) is 29.2. The molecule has 0 saturated heterocycles. The van der Waals surface area contributed by atoms with Gasteiger partial charge in [0.2, 0.25) is 0 Å². The van der Waals surface area contributed by atoms with Crippen molar-refractivity contribution < 1.29 is 23.8 Å². The lowest BCUT2D eigenvalue weighted by Crippen LogP contribution is -2.20. The fourth-order valence-electron chi connectivity index (χ4n) is 3.66. The Balaban J connectivity index is 1.32. The van der Waals surface area contributed by atoms with Gasteiger partial charge >= 0.3 is 0 Å². The maximum atomic E-state index is 12.7. The van der Waals surface area contributed by atoms with Crippen LogP contribution in [0.4, 0.5) is 5.69 Å². The molecule has 0 aliphatic rings. The summed E-state index contributed by atoms with van der Waals surface area (Å²) in [5, 5.41) is 6.86. The molecule has 0 aromatic heterocycles. The number of hydrogen-bond donors (Lipinski definition) is 2. The summed E-state index contributed by atoms with van der Waals surface area (Å²) < 4.78 is 18.2. The van der Waals surface area contributed by atoms with Crippen molar-refractivity contribution in [3.8, 4) is 17.2 Å². The molecule has 2 N–H and O–H groups in total. The van der Waals surface area contributed by atoms with Crippen LogP contribution in [0.25, 0.3) is 0 Å². The number of anilines is 1. The van der Waals surface area contributed by atoms with Crippen molar-refractivity contribution in [2.45, 2.75) is 13.5 Å². The number of amides is 2. The normalized spacial score (nSPS) is 10.7. The Kier molecular flexibility index (Phi) is 10.5. The molecule has 0 bridgehead atoms. The van der Waals surface area contributed by atoms with Gasteiger partial charge in [-0.1, -0.05) is 48.0 Å². The average molecular weight is 681 g/mol. The molecule has 2 amide bonds. The highest BCUT2D eigenvalue weighted by molar-refractivity contribution is 9.11. The van der Waals surface area contributed by atoms with E-state index in [1.54, 1.807) is 30.3 Å². The number of ether oxygens (including phenoxy) is 3. The molecule has 210 valence electrons. The van der Waals surface area contributed by atoms with Gasteiger partial charge in [0.25, 0.3) is 11.8 Å². The van der Waals surface area contributed by atoms with Crippen molar-refractivity contribution >= 4 is 55.6 Å². The molecular weight excluding hydrogens is 654 g/mol. The minimum atomic E-state index is -0.410. The van der Waals surface area contributed by atoms with Crippen LogP contribution in [0.15, 0.2) is 99.0 Å². The highest BCUT2D eigenvalue weighted by atomic mass is 79.9. The van der Waals surface area contributed by atoms with E-state index in [1.807, 2.05) is 61.5 Å². The molecule has 10 heteroatoms. The second-order valence-electron chi connectivity index (χ2n) is 8.86. The topological polar surface area (TPSA) is 98.3 Å². The number of hydrazone groups is 1.